The van der Waals surface area contributed by atoms with E-state index in [4.69, 9.17) is 4.42 Å². The molecule has 4 heteroatoms. The van der Waals surface area contributed by atoms with Gasteiger partial charge in [0.15, 0.2) is 0 Å². The van der Waals surface area contributed by atoms with Crippen LogP contribution in [0.15, 0.2) is 41.2 Å². The molecule has 1 heterocycles. The van der Waals surface area contributed by atoms with Gasteiger partial charge >= 0.3 is 0 Å². The summed E-state index contributed by atoms with van der Waals surface area (Å²) in [5.41, 5.74) is 2.70. The number of nitrogens with one attached hydrogen (secondary N) is 1. The van der Waals surface area contributed by atoms with E-state index in [2.05, 4.69) is 12.2 Å². The Kier molecular flexibility index (Phi) is 5.18. The molecule has 1 aromatic heterocycles. The van der Waals surface area contributed by atoms with Crippen molar-refractivity contribution in [2.24, 2.45) is 0 Å². The monoisotopic (exact) mass is 276 g/mol. The smallest absolute Gasteiger partial charge is 0.129 e. The van der Waals surface area contributed by atoms with Gasteiger partial charge in [-0.25, -0.2) is 4.39 Å². The molecule has 3 nitrogen and oxygen atoms in total. The predicted molar refractivity (Wildman–Crippen MR) is 79.2 cm³/mol. The molecule has 1 aromatic carbocycles. The number of hydrogen-bond donors (Lipinski definition) is 1. The quantitative estimate of drug-likeness (QED) is 0.784. The van der Waals surface area contributed by atoms with Crippen LogP contribution in [0.2, 0.25) is 0 Å². The first-order chi connectivity index (χ1) is 9.72. The van der Waals surface area contributed by atoms with Crippen LogP contribution in [0, 0.1) is 5.82 Å². The predicted octanol–water partition coefficient (Wildman–Crippen LogP) is 3.55. The number of hydrogen-bond acceptors (Lipinski definition) is 3. The molecule has 20 heavy (non-hydrogen) atoms. The lowest BCUT2D eigenvalue weighted by Crippen LogP contribution is -2.22. The minimum atomic E-state index is -0.162. The molecule has 2 aromatic rings. The molecule has 0 fully saturated rings. The Bertz CT molecular complexity index is 525. The first-order valence-corrected chi connectivity index (χ1v) is 6.92. The minimum Gasteiger partial charge on any atom is -0.472 e. The minimum absolute atomic E-state index is 0.162. The number of halogens is 1. The van der Waals surface area contributed by atoms with Gasteiger partial charge in [-0.2, -0.15) is 0 Å². The van der Waals surface area contributed by atoms with Crippen molar-refractivity contribution < 1.29 is 8.81 Å². The molecule has 0 amide bonds. The molecule has 0 saturated carbocycles. The van der Waals surface area contributed by atoms with Crippen molar-refractivity contribution in [3.63, 3.8) is 0 Å². The zero-order valence-electron chi connectivity index (χ0n) is 12.0. The van der Waals surface area contributed by atoms with Crippen LogP contribution in [0.3, 0.4) is 0 Å². The van der Waals surface area contributed by atoms with E-state index >= 15 is 0 Å². The average Bonchev–Trinajstić information content (AvgIpc) is 2.93. The molecule has 108 valence electrons. The van der Waals surface area contributed by atoms with Gasteiger partial charge in [0.2, 0.25) is 0 Å². The molecule has 0 bridgehead atoms. The second-order valence-electron chi connectivity index (χ2n) is 4.90. The van der Waals surface area contributed by atoms with Crippen LogP contribution in [0.25, 0.3) is 0 Å². The standard InChI is InChI=1S/C16H21FN2O/c1-3-8-18-10-14-15(17)5-4-6-16(14)19(2)11-13-7-9-20-12-13/h4-7,9,12,18H,3,8,10-11H2,1-2H3. The summed E-state index contributed by atoms with van der Waals surface area (Å²) in [7, 11) is 1.96. The van der Waals surface area contributed by atoms with Gasteiger partial charge in [0.1, 0.15) is 5.82 Å². The van der Waals surface area contributed by atoms with Crippen LogP contribution in [0.4, 0.5) is 10.1 Å². The Morgan fingerprint density at radius 3 is 2.85 bits per heavy atom. The van der Waals surface area contributed by atoms with Crippen molar-refractivity contribution in [2.75, 3.05) is 18.5 Å². The molecule has 0 radical (unpaired) electrons. The summed E-state index contributed by atoms with van der Waals surface area (Å²) < 4.78 is 19.1. The lowest BCUT2D eigenvalue weighted by molar-refractivity contribution is 0.563. The third-order valence-corrected chi connectivity index (χ3v) is 3.23. The number of rotatable bonds is 7. The molecular weight excluding hydrogens is 255 g/mol. The van der Waals surface area contributed by atoms with Crippen LogP contribution in [-0.4, -0.2) is 13.6 Å². The Morgan fingerprint density at radius 2 is 2.15 bits per heavy atom. The molecule has 0 unspecified atom stereocenters. The third-order valence-electron chi connectivity index (χ3n) is 3.23. The van der Waals surface area contributed by atoms with Crippen molar-refractivity contribution in [1.29, 1.82) is 0 Å². The highest BCUT2D eigenvalue weighted by molar-refractivity contribution is 5.54. The molecule has 0 spiro atoms. The summed E-state index contributed by atoms with van der Waals surface area (Å²) in [5, 5.41) is 3.26. The van der Waals surface area contributed by atoms with Gasteiger partial charge < -0.3 is 14.6 Å². The van der Waals surface area contributed by atoms with E-state index in [0.717, 1.165) is 24.2 Å². The molecule has 0 aliphatic heterocycles. The average molecular weight is 276 g/mol. The highest BCUT2D eigenvalue weighted by atomic mass is 19.1. The van der Waals surface area contributed by atoms with Gasteiger partial charge in [-0.1, -0.05) is 13.0 Å². The number of anilines is 1. The Hall–Kier alpha value is -1.81. The maximum Gasteiger partial charge on any atom is 0.129 e. The fourth-order valence-electron chi connectivity index (χ4n) is 2.21. The molecule has 2 rings (SSSR count). The Morgan fingerprint density at radius 1 is 1.30 bits per heavy atom. The van der Waals surface area contributed by atoms with Gasteiger partial charge in [0.05, 0.1) is 12.5 Å². The van der Waals surface area contributed by atoms with Crippen LogP contribution < -0.4 is 10.2 Å². The summed E-state index contributed by atoms with van der Waals surface area (Å²) >= 11 is 0. The van der Waals surface area contributed by atoms with E-state index in [-0.39, 0.29) is 5.82 Å². The van der Waals surface area contributed by atoms with Gasteiger partial charge in [-0.05, 0) is 31.2 Å². The summed E-state index contributed by atoms with van der Waals surface area (Å²) in [6, 6.07) is 7.13. The molecule has 0 aliphatic rings. The van der Waals surface area contributed by atoms with Gasteiger partial charge in [-0.15, -0.1) is 0 Å². The Labute approximate surface area is 119 Å². The van der Waals surface area contributed by atoms with E-state index in [1.165, 1.54) is 6.07 Å². The fraction of sp³-hybridized carbons (Fsp3) is 0.375. The second-order valence-corrected chi connectivity index (χ2v) is 4.90. The summed E-state index contributed by atoms with van der Waals surface area (Å²) in [5.74, 6) is -0.162. The van der Waals surface area contributed by atoms with Crippen molar-refractivity contribution >= 4 is 5.69 Å². The lowest BCUT2D eigenvalue weighted by atomic mass is 10.1. The van der Waals surface area contributed by atoms with Crippen molar-refractivity contribution in [3.05, 3.63) is 53.7 Å². The topological polar surface area (TPSA) is 28.4 Å². The fourth-order valence-corrected chi connectivity index (χ4v) is 2.21. The number of nitrogens with zero attached hydrogens (tertiary/aromatic N) is 1. The van der Waals surface area contributed by atoms with Crippen molar-refractivity contribution in [2.45, 2.75) is 26.4 Å². The first kappa shape index (κ1) is 14.6. The maximum absolute atomic E-state index is 14.0. The summed E-state index contributed by atoms with van der Waals surface area (Å²) in [4.78, 5) is 2.04. The van der Waals surface area contributed by atoms with Crippen LogP contribution in [0.1, 0.15) is 24.5 Å². The summed E-state index contributed by atoms with van der Waals surface area (Å²) in [6.45, 7) is 4.23. The molecule has 0 aliphatic carbocycles. The summed E-state index contributed by atoms with van der Waals surface area (Å²) in [6.07, 6.45) is 4.40. The normalized spacial score (nSPS) is 10.8. The largest absolute Gasteiger partial charge is 0.472 e. The van der Waals surface area contributed by atoms with Gasteiger partial charge in [0.25, 0.3) is 0 Å². The van der Waals surface area contributed by atoms with E-state index in [9.17, 15) is 4.39 Å². The van der Waals surface area contributed by atoms with Crippen molar-refractivity contribution in [3.8, 4) is 0 Å². The lowest BCUT2D eigenvalue weighted by Gasteiger charge is -2.22. The second kappa shape index (κ2) is 7.10. The maximum atomic E-state index is 14.0. The first-order valence-electron chi connectivity index (χ1n) is 6.92. The number of benzene rings is 1. The zero-order chi connectivity index (χ0) is 14.4. The van der Waals surface area contributed by atoms with E-state index in [0.29, 0.717) is 18.7 Å². The van der Waals surface area contributed by atoms with Crippen LogP contribution in [0.5, 0.6) is 0 Å². The van der Waals surface area contributed by atoms with Crippen molar-refractivity contribution in [1.82, 2.24) is 5.32 Å². The van der Waals surface area contributed by atoms with Gasteiger partial charge in [0, 0.05) is 37.0 Å². The van der Waals surface area contributed by atoms with Crippen LogP contribution >= 0.6 is 0 Å². The van der Waals surface area contributed by atoms with E-state index < -0.39 is 0 Å². The Balaban J connectivity index is 2.14. The van der Waals surface area contributed by atoms with Gasteiger partial charge in [-0.3, -0.25) is 0 Å². The number of furan rings is 1. The molecule has 1 N–H and O–H groups in total. The van der Waals surface area contributed by atoms with E-state index in [1.54, 1.807) is 18.6 Å². The SMILES string of the molecule is CCCNCc1c(F)cccc1N(C)Cc1ccoc1. The molecule has 0 saturated heterocycles. The highest BCUT2D eigenvalue weighted by Gasteiger charge is 2.12. The molecule has 0 atom stereocenters. The zero-order valence-corrected chi connectivity index (χ0v) is 12.0. The third kappa shape index (κ3) is 3.61. The van der Waals surface area contributed by atoms with E-state index in [1.807, 2.05) is 24.1 Å². The highest BCUT2D eigenvalue weighted by Crippen LogP contribution is 2.23. The molecular formula is C16H21FN2O. The van der Waals surface area contributed by atoms with Crippen LogP contribution in [-0.2, 0) is 13.1 Å².